The van der Waals surface area contributed by atoms with Crippen molar-refractivity contribution in [1.82, 2.24) is 0 Å². The minimum Gasteiger partial charge on any atom is -0.506 e. The molecule has 0 radical (unpaired) electrons. The Kier molecular flexibility index (Phi) is 4.24. The maximum absolute atomic E-state index is 9.70. The quantitative estimate of drug-likeness (QED) is 0.574. The van der Waals surface area contributed by atoms with Crippen molar-refractivity contribution in [3.63, 3.8) is 0 Å². The van der Waals surface area contributed by atoms with Crippen LogP contribution in [-0.4, -0.2) is 10.2 Å². The Labute approximate surface area is 122 Å². The van der Waals surface area contributed by atoms with E-state index < -0.39 is 0 Å². The van der Waals surface area contributed by atoms with Gasteiger partial charge in [0.05, 0.1) is 5.69 Å². The van der Waals surface area contributed by atoms with Gasteiger partial charge < -0.3 is 15.7 Å². The second-order valence-electron chi connectivity index (χ2n) is 4.06. The van der Waals surface area contributed by atoms with Crippen LogP contribution in [0.3, 0.4) is 0 Å². The molecule has 2 rings (SSSR count). The van der Waals surface area contributed by atoms with Gasteiger partial charge in [-0.05, 0) is 49.0 Å². The highest BCUT2D eigenvalue weighted by Crippen LogP contribution is 2.26. The molecule has 5 heteroatoms. The van der Waals surface area contributed by atoms with E-state index in [0.717, 1.165) is 11.3 Å². The first-order chi connectivity index (χ1) is 9.06. The number of aromatic hydroxyl groups is 1. The molecule has 2 aromatic carbocycles. The SMILES string of the molecule is Cc1ccccc1NC(=S)Nc1cc(Cl)ccc1O. The van der Waals surface area contributed by atoms with Gasteiger partial charge in [0.15, 0.2) is 5.11 Å². The summed E-state index contributed by atoms with van der Waals surface area (Å²) in [5.41, 5.74) is 2.47. The Morgan fingerprint density at radius 2 is 1.79 bits per heavy atom. The van der Waals surface area contributed by atoms with Crippen LogP contribution in [0.2, 0.25) is 5.02 Å². The van der Waals surface area contributed by atoms with E-state index >= 15 is 0 Å². The largest absolute Gasteiger partial charge is 0.506 e. The number of phenolic OH excluding ortho intramolecular Hbond substituents is 1. The van der Waals surface area contributed by atoms with E-state index in [1.54, 1.807) is 12.1 Å². The number of hydrogen-bond donors (Lipinski definition) is 3. The van der Waals surface area contributed by atoms with Gasteiger partial charge in [0.2, 0.25) is 0 Å². The topological polar surface area (TPSA) is 44.3 Å². The second kappa shape index (κ2) is 5.91. The number of phenols is 1. The molecular formula is C14H13ClN2OS. The van der Waals surface area contributed by atoms with Gasteiger partial charge in [-0.3, -0.25) is 0 Å². The molecule has 19 heavy (non-hydrogen) atoms. The summed E-state index contributed by atoms with van der Waals surface area (Å²) in [5, 5.41) is 16.6. The number of halogens is 1. The number of benzene rings is 2. The van der Waals surface area contributed by atoms with Crippen molar-refractivity contribution in [3.05, 3.63) is 53.1 Å². The van der Waals surface area contributed by atoms with Crippen LogP contribution in [0.25, 0.3) is 0 Å². The molecule has 0 spiro atoms. The normalized spacial score (nSPS) is 10.0. The predicted octanol–water partition coefficient (Wildman–Crippen LogP) is 4.16. The summed E-state index contributed by atoms with van der Waals surface area (Å²) in [7, 11) is 0. The zero-order valence-electron chi connectivity index (χ0n) is 10.3. The van der Waals surface area contributed by atoms with Crippen LogP contribution in [0.15, 0.2) is 42.5 Å². The van der Waals surface area contributed by atoms with E-state index in [4.69, 9.17) is 23.8 Å². The van der Waals surface area contributed by atoms with Gasteiger partial charge in [0.25, 0.3) is 0 Å². The molecule has 0 aliphatic rings. The van der Waals surface area contributed by atoms with Crippen LogP contribution in [0.1, 0.15) is 5.56 Å². The molecule has 0 unspecified atom stereocenters. The molecule has 0 aromatic heterocycles. The van der Waals surface area contributed by atoms with E-state index in [0.29, 0.717) is 15.8 Å². The van der Waals surface area contributed by atoms with Gasteiger partial charge in [0.1, 0.15) is 5.75 Å². The lowest BCUT2D eigenvalue weighted by atomic mass is 10.2. The maximum atomic E-state index is 9.70. The summed E-state index contributed by atoms with van der Waals surface area (Å²) in [6.45, 7) is 1.99. The summed E-state index contributed by atoms with van der Waals surface area (Å²) in [4.78, 5) is 0. The number of nitrogens with one attached hydrogen (secondary N) is 2. The van der Waals surface area contributed by atoms with E-state index in [1.165, 1.54) is 6.07 Å². The Morgan fingerprint density at radius 3 is 2.53 bits per heavy atom. The molecule has 0 saturated carbocycles. The monoisotopic (exact) mass is 292 g/mol. The van der Waals surface area contributed by atoms with Crippen LogP contribution in [0.4, 0.5) is 11.4 Å². The standard InChI is InChI=1S/C14H13ClN2OS/c1-9-4-2-3-5-11(9)16-14(19)17-12-8-10(15)6-7-13(12)18/h2-8,18H,1H3,(H2,16,17,19). The van der Waals surface area contributed by atoms with E-state index in [1.807, 2.05) is 31.2 Å². The lowest BCUT2D eigenvalue weighted by Gasteiger charge is -2.13. The molecule has 98 valence electrons. The molecule has 0 bridgehead atoms. The minimum absolute atomic E-state index is 0.0957. The van der Waals surface area contributed by atoms with Gasteiger partial charge in [-0.15, -0.1) is 0 Å². The first-order valence-electron chi connectivity index (χ1n) is 5.68. The highest BCUT2D eigenvalue weighted by atomic mass is 35.5. The van der Waals surface area contributed by atoms with Crippen molar-refractivity contribution < 1.29 is 5.11 Å². The number of hydrogen-bond acceptors (Lipinski definition) is 2. The minimum atomic E-state index is 0.0957. The number of para-hydroxylation sites is 1. The first-order valence-corrected chi connectivity index (χ1v) is 6.47. The van der Waals surface area contributed by atoms with Gasteiger partial charge in [-0.25, -0.2) is 0 Å². The Balaban J connectivity index is 2.10. The Morgan fingerprint density at radius 1 is 1.11 bits per heavy atom. The van der Waals surface area contributed by atoms with Crippen LogP contribution in [0.5, 0.6) is 5.75 Å². The summed E-state index contributed by atoms with van der Waals surface area (Å²) < 4.78 is 0. The predicted molar refractivity (Wildman–Crippen MR) is 84.1 cm³/mol. The van der Waals surface area contributed by atoms with E-state index in [-0.39, 0.29) is 5.75 Å². The van der Waals surface area contributed by atoms with Crippen molar-refractivity contribution in [2.75, 3.05) is 10.6 Å². The first kappa shape index (κ1) is 13.6. The molecule has 0 fully saturated rings. The van der Waals surface area contributed by atoms with Gasteiger partial charge in [0, 0.05) is 10.7 Å². The van der Waals surface area contributed by atoms with E-state index in [2.05, 4.69) is 10.6 Å². The van der Waals surface area contributed by atoms with Crippen molar-refractivity contribution in [3.8, 4) is 5.75 Å². The fraction of sp³-hybridized carbons (Fsp3) is 0.0714. The highest BCUT2D eigenvalue weighted by molar-refractivity contribution is 7.80. The fourth-order valence-corrected chi connectivity index (χ4v) is 1.99. The molecule has 0 amide bonds. The number of rotatable bonds is 2. The van der Waals surface area contributed by atoms with Crippen molar-refractivity contribution in [2.24, 2.45) is 0 Å². The van der Waals surface area contributed by atoms with Gasteiger partial charge in [-0.1, -0.05) is 29.8 Å². The zero-order chi connectivity index (χ0) is 13.8. The molecule has 2 aromatic rings. The average molecular weight is 293 g/mol. The summed E-state index contributed by atoms with van der Waals surface area (Å²) in [6.07, 6.45) is 0. The average Bonchev–Trinajstić information content (AvgIpc) is 2.37. The number of aryl methyl sites for hydroxylation is 1. The molecular weight excluding hydrogens is 280 g/mol. The molecule has 0 aliphatic heterocycles. The highest BCUT2D eigenvalue weighted by Gasteiger charge is 2.05. The van der Waals surface area contributed by atoms with E-state index in [9.17, 15) is 5.11 Å². The number of thiocarbonyl (C=S) groups is 1. The Bertz CT molecular complexity index is 616. The number of anilines is 2. The lowest BCUT2D eigenvalue weighted by Crippen LogP contribution is -2.19. The van der Waals surface area contributed by atoms with Crippen molar-refractivity contribution in [2.45, 2.75) is 6.92 Å². The van der Waals surface area contributed by atoms with Crippen LogP contribution < -0.4 is 10.6 Å². The molecule has 3 nitrogen and oxygen atoms in total. The Hall–Kier alpha value is -1.78. The maximum Gasteiger partial charge on any atom is 0.175 e. The van der Waals surface area contributed by atoms with Crippen molar-refractivity contribution in [1.29, 1.82) is 0 Å². The summed E-state index contributed by atoms with van der Waals surface area (Å²) >= 11 is 11.1. The summed E-state index contributed by atoms with van der Waals surface area (Å²) in [6, 6.07) is 12.5. The second-order valence-corrected chi connectivity index (χ2v) is 4.90. The molecule has 0 atom stereocenters. The smallest absolute Gasteiger partial charge is 0.175 e. The molecule has 3 N–H and O–H groups in total. The summed E-state index contributed by atoms with van der Waals surface area (Å²) in [5.74, 6) is 0.0957. The zero-order valence-corrected chi connectivity index (χ0v) is 11.8. The van der Waals surface area contributed by atoms with Crippen LogP contribution in [0, 0.1) is 6.92 Å². The van der Waals surface area contributed by atoms with Crippen LogP contribution in [-0.2, 0) is 0 Å². The fourth-order valence-electron chi connectivity index (χ4n) is 1.60. The molecule has 0 saturated heterocycles. The van der Waals surface area contributed by atoms with Gasteiger partial charge in [-0.2, -0.15) is 0 Å². The third kappa shape index (κ3) is 3.59. The third-order valence-electron chi connectivity index (χ3n) is 2.60. The third-order valence-corrected chi connectivity index (χ3v) is 3.04. The van der Waals surface area contributed by atoms with Crippen molar-refractivity contribution >= 4 is 40.3 Å². The van der Waals surface area contributed by atoms with Crippen LogP contribution >= 0.6 is 23.8 Å². The molecule has 0 heterocycles. The molecule has 0 aliphatic carbocycles. The van der Waals surface area contributed by atoms with Gasteiger partial charge >= 0.3 is 0 Å². The lowest BCUT2D eigenvalue weighted by molar-refractivity contribution is 0.478.